The second-order valence-corrected chi connectivity index (χ2v) is 5.66. The lowest BCUT2D eigenvalue weighted by atomic mass is 9.97. The van der Waals surface area contributed by atoms with E-state index in [9.17, 15) is 0 Å². The summed E-state index contributed by atoms with van der Waals surface area (Å²) in [7, 11) is 0. The van der Waals surface area contributed by atoms with Gasteiger partial charge in [0.2, 0.25) is 0 Å². The highest BCUT2D eigenvalue weighted by Crippen LogP contribution is 2.36. The van der Waals surface area contributed by atoms with Crippen LogP contribution in [-0.2, 0) is 0 Å². The Morgan fingerprint density at radius 2 is 2.07 bits per heavy atom. The largest absolute Gasteiger partial charge is 0.311 e. The summed E-state index contributed by atoms with van der Waals surface area (Å²) < 4.78 is 0. The van der Waals surface area contributed by atoms with Crippen LogP contribution in [0.2, 0.25) is 0 Å². The fourth-order valence-electron chi connectivity index (χ4n) is 2.79. The minimum absolute atomic E-state index is 0.714. The fraction of sp³-hybridized carbons (Fsp3) is 1.00. The van der Waals surface area contributed by atoms with Gasteiger partial charge in [-0.1, -0.05) is 20.8 Å². The van der Waals surface area contributed by atoms with Gasteiger partial charge in [0.15, 0.2) is 0 Å². The van der Waals surface area contributed by atoms with Crippen LogP contribution in [0.15, 0.2) is 0 Å². The van der Waals surface area contributed by atoms with Crippen molar-refractivity contribution >= 4 is 0 Å². The van der Waals surface area contributed by atoms with Crippen molar-refractivity contribution < 1.29 is 0 Å². The van der Waals surface area contributed by atoms with Gasteiger partial charge in [-0.3, -0.25) is 4.90 Å². The summed E-state index contributed by atoms with van der Waals surface area (Å²) in [6, 6.07) is 1.56. The van der Waals surface area contributed by atoms with Gasteiger partial charge in [-0.25, -0.2) is 0 Å². The molecule has 2 heteroatoms. The molecule has 2 unspecified atom stereocenters. The van der Waals surface area contributed by atoms with Gasteiger partial charge in [0.25, 0.3) is 0 Å². The molecule has 2 aliphatic rings. The van der Waals surface area contributed by atoms with Crippen molar-refractivity contribution in [2.24, 2.45) is 11.8 Å². The Labute approximate surface area is 94.4 Å². The predicted octanol–water partition coefficient (Wildman–Crippen LogP) is 2.10. The number of hydrogen-bond donors (Lipinski definition) is 1. The van der Waals surface area contributed by atoms with E-state index < -0.39 is 0 Å². The van der Waals surface area contributed by atoms with Crippen LogP contribution < -0.4 is 5.32 Å². The molecule has 0 bridgehead atoms. The highest BCUT2D eigenvalue weighted by molar-refractivity contribution is 4.95. The molecule has 1 N–H and O–H groups in total. The molecule has 1 aliphatic heterocycles. The second kappa shape index (κ2) is 4.84. The Morgan fingerprint density at radius 1 is 1.33 bits per heavy atom. The van der Waals surface area contributed by atoms with Crippen LogP contribution in [0.25, 0.3) is 0 Å². The first-order valence-electron chi connectivity index (χ1n) is 6.69. The van der Waals surface area contributed by atoms with Gasteiger partial charge < -0.3 is 5.32 Å². The number of nitrogens with one attached hydrogen (secondary N) is 1. The first kappa shape index (κ1) is 11.4. The predicted molar refractivity (Wildman–Crippen MR) is 65.0 cm³/mol. The van der Waals surface area contributed by atoms with E-state index in [1.165, 1.54) is 38.9 Å². The monoisotopic (exact) mass is 210 g/mol. The fourth-order valence-corrected chi connectivity index (χ4v) is 2.79. The van der Waals surface area contributed by atoms with Crippen LogP contribution in [-0.4, -0.2) is 36.6 Å². The van der Waals surface area contributed by atoms with Gasteiger partial charge in [0.05, 0.1) is 0 Å². The van der Waals surface area contributed by atoms with Crippen LogP contribution in [0.4, 0.5) is 0 Å². The zero-order valence-corrected chi connectivity index (χ0v) is 10.5. The summed E-state index contributed by atoms with van der Waals surface area (Å²) >= 11 is 0. The Kier molecular flexibility index (Phi) is 3.68. The van der Waals surface area contributed by atoms with E-state index in [0.29, 0.717) is 6.04 Å². The smallest absolute Gasteiger partial charge is 0.0249 e. The van der Waals surface area contributed by atoms with Crippen LogP contribution in [0, 0.1) is 11.8 Å². The molecule has 0 aromatic carbocycles. The molecule has 88 valence electrons. The average molecular weight is 210 g/mol. The number of nitrogens with zero attached hydrogens (tertiary/aromatic N) is 1. The average Bonchev–Trinajstić information content (AvgIpc) is 3.01. The molecule has 0 amide bonds. The van der Waals surface area contributed by atoms with Gasteiger partial charge in [-0.05, 0) is 37.6 Å². The zero-order chi connectivity index (χ0) is 10.8. The lowest BCUT2D eigenvalue weighted by Crippen LogP contribution is -2.58. The maximum atomic E-state index is 3.74. The number of piperazine rings is 1. The molecular weight excluding hydrogens is 184 g/mol. The lowest BCUT2D eigenvalue weighted by Gasteiger charge is -2.42. The van der Waals surface area contributed by atoms with E-state index in [2.05, 4.69) is 31.0 Å². The Hall–Kier alpha value is -0.0800. The molecule has 15 heavy (non-hydrogen) atoms. The molecule has 2 rings (SSSR count). The molecule has 0 radical (unpaired) electrons. The number of hydrogen-bond acceptors (Lipinski definition) is 2. The van der Waals surface area contributed by atoms with E-state index >= 15 is 0 Å². The molecule has 0 aromatic rings. The normalized spacial score (nSPS) is 33.6. The molecule has 1 saturated carbocycles. The van der Waals surface area contributed by atoms with Crippen LogP contribution >= 0.6 is 0 Å². The SMILES string of the molecule is CCCN1CC(C(C)C)NCC1C1CC1. The van der Waals surface area contributed by atoms with Crippen LogP contribution in [0.5, 0.6) is 0 Å². The maximum absolute atomic E-state index is 3.74. The van der Waals surface area contributed by atoms with Crippen LogP contribution in [0.1, 0.15) is 40.0 Å². The molecule has 2 fully saturated rings. The standard InChI is InChI=1S/C13H26N2/c1-4-7-15-9-12(10(2)3)14-8-13(15)11-5-6-11/h10-14H,4-9H2,1-3H3. The third kappa shape index (κ3) is 2.73. The summed E-state index contributed by atoms with van der Waals surface area (Å²) in [5, 5.41) is 3.74. The van der Waals surface area contributed by atoms with E-state index in [4.69, 9.17) is 0 Å². The van der Waals surface area contributed by atoms with Gasteiger partial charge in [0, 0.05) is 25.2 Å². The third-order valence-corrected chi connectivity index (χ3v) is 3.97. The van der Waals surface area contributed by atoms with Crippen molar-refractivity contribution in [2.45, 2.75) is 52.1 Å². The van der Waals surface area contributed by atoms with Crippen molar-refractivity contribution in [3.63, 3.8) is 0 Å². The van der Waals surface area contributed by atoms with E-state index in [0.717, 1.165) is 17.9 Å². The third-order valence-electron chi connectivity index (χ3n) is 3.97. The zero-order valence-electron chi connectivity index (χ0n) is 10.5. The minimum atomic E-state index is 0.714. The Morgan fingerprint density at radius 3 is 2.60 bits per heavy atom. The van der Waals surface area contributed by atoms with Gasteiger partial charge in [-0.15, -0.1) is 0 Å². The summed E-state index contributed by atoms with van der Waals surface area (Å²) in [4.78, 5) is 2.75. The van der Waals surface area contributed by atoms with Crippen molar-refractivity contribution in [1.82, 2.24) is 10.2 Å². The molecule has 1 aliphatic carbocycles. The van der Waals surface area contributed by atoms with Crippen LogP contribution in [0.3, 0.4) is 0 Å². The summed E-state index contributed by atoms with van der Waals surface area (Å²) in [5.41, 5.74) is 0. The van der Waals surface area contributed by atoms with Crippen molar-refractivity contribution in [2.75, 3.05) is 19.6 Å². The summed E-state index contributed by atoms with van der Waals surface area (Å²) in [6.45, 7) is 10.8. The molecule has 1 heterocycles. The van der Waals surface area contributed by atoms with E-state index in [-0.39, 0.29) is 0 Å². The molecule has 0 aromatic heterocycles. The van der Waals surface area contributed by atoms with Gasteiger partial charge in [0.1, 0.15) is 0 Å². The Balaban J connectivity index is 1.92. The van der Waals surface area contributed by atoms with E-state index in [1.807, 2.05) is 0 Å². The highest BCUT2D eigenvalue weighted by atomic mass is 15.2. The summed E-state index contributed by atoms with van der Waals surface area (Å²) in [5.74, 6) is 1.78. The second-order valence-electron chi connectivity index (χ2n) is 5.66. The molecule has 0 spiro atoms. The van der Waals surface area contributed by atoms with E-state index in [1.54, 1.807) is 0 Å². The lowest BCUT2D eigenvalue weighted by molar-refractivity contribution is 0.0998. The van der Waals surface area contributed by atoms with Gasteiger partial charge in [-0.2, -0.15) is 0 Å². The molecular formula is C13H26N2. The highest BCUT2D eigenvalue weighted by Gasteiger charge is 2.38. The quantitative estimate of drug-likeness (QED) is 0.764. The molecule has 1 saturated heterocycles. The topological polar surface area (TPSA) is 15.3 Å². The first-order valence-corrected chi connectivity index (χ1v) is 6.69. The summed E-state index contributed by atoms with van der Waals surface area (Å²) in [6.07, 6.45) is 4.24. The molecule has 2 atom stereocenters. The maximum Gasteiger partial charge on any atom is 0.0249 e. The Bertz CT molecular complexity index is 199. The number of rotatable bonds is 4. The van der Waals surface area contributed by atoms with Crippen molar-refractivity contribution in [3.05, 3.63) is 0 Å². The van der Waals surface area contributed by atoms with Gasteiger partial charge >= 0.3 is 0 Å². The first-order chi connectivity index (χ1) is 7.22. The minimum Gasteiger partial charge on any atom is -0.311 e. The van der Waals surface area contributed by atoms with Crippen molar-refractivity contribution in [1.29, 1.82) is 0 Å². The molecule has 2 nitrogen and oxygen atoms in total. The van der Waals surface area contributed by atoms with Crippen molar-refractivity contribution in [3.8, 4) is 0 Å².